The minimum absolute atomic E-state index is 0. The number of aliphatic carboxylic acids is 1. The zero-order chi connectivity index (χ0) is 8.58. The molecule has 1 atom stereocenters. The van der Waals surface area contributed by atoms with E-state index in [1.807, 2.05) is 0 Å². The molecule has 0 unspecified atom stereocenters. The first-order valence-electron chi connectivity index (χ1n) is 2.28. The Labute approximate surface area is 66.8 Å². The third-order valence-corrected chi connectivity index (χ3v) is 1.03. The lowest BCUT2D eigenvalue weighted by Crippen LogP contribution is -2.57. The molecule has 0 aliphatic carbocycles. The van der Waals surface area contributed by atoms with Gasteiger partial charge in [-0.05, 0) is 6.92 Å². The maximum absolute atomic E-state index is 11.6. The summed E-state index contributed by atoms with van der Waals surface area (Å²) in [4.78, 5) is 9.82. The molecule has 0 bridgehead atoms. The summed E-state index contributed by atoms with van der Waals surface area (Å²) in [5.74, 6) is -2.08. The van der Waals surface area contributed by atoms with E-state index in [2.05, 4.69) is 5.73 Å². The van der Waals surface area contributed by atoms with Crippen molar-refractivity contribution in [3.8, 4) is 0 Å². The Morgan fingerprint density at radius 3 is 1.73 bits per heavy atom. The normalized spacial score (nSPS) is 16.5. The van der Waals surface area contributed by atoms with Crippen LogP contribution < -0.4 is 5.73 Å². The molecule has 0 saturated carbocycles. The minimum Gasteiger partial charge on any atom is -0.480 e. The first-order chi connectivity index (χ1) is 4.19. The molecule has 0 fully saturated rings. The van der Waals surface area contributed by atoms with Gasteiger partial charge in [-0.1, -0.05) is 0 Å². The van der Waals surface area contributed by atoms with Crippen LogP contribution >= 0.6 is 12.4 Å². The maximum atomic E-state index is 11.6. The van der Waals surface area contributed by atoms with Crippen molar-refractivity contribution in [2.24, 2.45) is 5.73 Å². The first-order valence-corrected chi connectivity index (χ1v) is 2.28. The van der Waals surface area contributed by atoms with Crippen molar-refractivity contribution in [2.45, 2.75) is 18.6 Å². The number of halogens is 4. The number of rotatable bonds is 1. The van der Waals surface area contributed by atoms with Crippen LogP contribution in [0.3, 0.4) is 0 Å². The summed E-state index contributed by atoms with van der Waals surface area (Å²) in [6.07, 6.45) is -4.90. The second kappa shape index (κ2) is 3.27. The predicted octanol–water partition coefficient (Wildman–Crippen LogP) is 0.773. The Balaban J connectivity index is 0. The van der Waals surface area contributed by atoms with E-state index < -0.39 is 17.7 Å². The van der Waals surface area contributed by atoms with Crippen LogP contribution in [0.5, 0.6) is 0 Å². The van der Waals surface area contributed by atoms with E-state index in [1.54, 1.807) is 0 Å². The van der Waals surface area contributed by atoms with Crippen molar-refractivity contribution < 1.29 is 23.1 Å². The molecule has 0 radical (unpaired) electrons. The fourth-order valence-electron chi connectivity index (χ4n) is 0.121. The van der Waals surface area contributed by atoms with E-state index in [1.165, 1.54) is 0 Å². The van der Waals surface area contributed by atoms with E-state index in [-0.39, 0.29) is 12.4 Å². The summed E-state index contributed by atoms with van der Waals surface area (Å²) < 4.78 is 34.7. The minimum atomic E-state index is -4.90. The Morgan fingerprint density at radius 2 is 1.73 bits per heavy atom. The molecule has 0 aromatic heterocycles. The lowest BCUT2D eigenvalue weighted by atomic mass is 10.1. The number of nitrogens with two attached hydrogens (primary N) is 1. The monoisotopic (exact) mass is 193 g/mol. The summed E-state index contributed by atoms with van der Waals surface area (Å²) in [7, 11) is 0. The third-order valence-electron chi connectivity index (χ3n) is 1.03. The molecule has 0 aliphatic heterocycles. The van der Waals surface area contributed by atoms with Crippen LogP contribution in [0.25, 0.3) is 0 Å². The molecule has 0 aromatic carbocycles. The lowest BCUT2D eigenvalue weighted by molar-refractivity contribution is -0.197. The van der Waals surface area contributed by atoms with Gasteiger partial charge in [-0.3, -0.25) is 0 Å². The van der Waals surface area contributed by atoms with Crippen LogP contribution in [0.15, 0.2) is 0 Å². The highest BCUT2D eigenvalue weighted by molar-refractivity contribution is 5.85. The molecule has 0 aromatic rings. The molecule has 11 heavy (non-hydrogen) atoms. The van der Waals surface area contributed by atoms with Gasteiger partial charge in [0.15, 0.2) is 0 Å². The molecule has 0 spiro atoms. The van der Waals surface area contributed by atoms with Gasteiger partial charge in [-0.2, -0.15) is 13.2 Å². The van der Waals surface area contributed by atoms with Gasteiger partial charge in [-0.15, -0.1) is 12.4 Å². The number of carboxylic acids is 1. The van der Waals surface area contributed by atoms with Crippen molar-refractivity contribution in [2.75, 3.05) is 0 Å². The van der Waals surface area contributed by atoms with Gasteiger partial charge in [0, 0.05) is 0 Å². The molecule has 0 saturated heterocycles. The van der Waals surface area contributed by atoms with Crippen LogP contribution in [0, 0.1) is 0 Å². The fraction of sp³-hybridized carbons (Fsp3) is 0.750. The van der Waals surface area contributed by atoms with E-state index in [0.29, 0.717) is 6.92 Å². The molecule has 0 rings (SSSR count). The molecular formula is C4H7ClF3NO2. The Bertz CT molecular complexity index is 156. The zero-order valence-corrected chi connectivity index (χ0v) is 6.29. The van der Waals surface area contributed by atoms with Gasteiger partial charge in [-0.25, -0.2) is 4.79 Å². The molecule has 3 N–H and O–H groups in total. The van der Waals surface area contributed by atoms with Crippen LogP contribution in [0.1, 0.15) is 6.92 Å². The summed E-state index contributed by atoms with van der Waals surface area (Å²) >= 11 is 0. The topological polar surface area (TPSA) is 63.3 Å². The lowest BCUT2D eigenvalue weighted by Gasteiger charge is -2.21. The molecule has 7 heteroatoms. The van der Waals surface area contributed by atoms with Crippen molar-refractivity contribution in [1.29, 1.82) is 0 Å². The van der Waals surface area contributed by atoms with E-state index >= 15 is 0 Å². The number of hydrogen-bond donors (Lipinski definition) is 2. The number of carbonyl (C=O) groups is 1. The Kier molecular flexibility index (Phi) is 3.90. The third kappa shape index (κ3) is 2.55. The number of alkyl halides is 3. The van der Waals surface area contributed by atoms with Crippen LogP contribution in [-0.4, -0.2) is 22.8 Å². The highest BCUT2D eigenvalue weighted by atomic mass is 35.5. The van der Waals surface area contributed by atoms with E-state index in [0.717, 1.165) is 0 Å². The van der Waals surface area contributed by atoms with Crippen LogP contribution in [0.2, 0.25) is 0 Å². The highest BCUT2D eigenvalue weighted by Gasteiger charge is 2.54. The first kappa shape index (κ1) is 13.1. The SMILES string of the molecule is C[C@@](N)(C(=O)O)C(F)(F)F.Cl. The molecule has 68 valence electrons. The van der Waals surface area contributed by atoms with E-state index in [9.17, 15) is 18.0 Å². The maximum Gasteiger partial charge on any atom is 0.416 e. The van der Waals surface area contributed by atoms with Gasteiger partial charge in [0.2, 0.25) is 5.54 Å². The second-order valence-corrected chi connectivity index (χ2v) is 2.01. The summed E-state index contributed by atoms with van der Waals surface area (Å²) in [6, 6.07) is 0. The molecule has 3 nitrogen and oxygen atoms in total. The Morgan fingerprint density at radius 1 is 1.45 bits per heavy atom. The van der Waals surface area contributed by atoms with Crippen molar-refractivity contribution in [3.05, 3.63) is 0 Å². The van der Waals surface area contributed by atoms with Crippen LogP contribution in [0.4, 0.5) is 13.2 Å². The standard InChI is InChI=1S/C4H6F3NO2.ClH/c1-3(8,2(9)10)4(5,6)7;/h8H2,1H3,(H,9,10);1H/t3-;/m1./s1. The van der Waals surface area contributed by atoms with E-state index in [4.69, 9.17) is 5.11 Å². The quantitative estimate of drug-likeness (QED) is 0.647. The number of carboxylic acid groups (broad SMARTS) is 1. The fourth-order valence-corrected chi connectivity index (χ4v) is 0.121. The summed E-state index contributed by atoms with van der Waals surface area (Å²) in [5.41, 5.74) is 1.27. The van der Waals surface area contributed by atoms with Crippen molar-refractivity contribution in [1.82, 2.24) is 0 Å². The van der Waals surface area contributed by atoms with Crippen molar-refractivity contribution >= 4 is 18.4 Å². The summed E-state index contributed by atoms with van der Waals surface area (Å²) in [6.45, 7) is 0.398. The molecule has 0 aliphatic rings. The number of hydrogen-bond acceptors (Lipinski definition) is 2. The average Bonchev–Trinajstić information content (AvgIpc) is 1.62. The Hall–Kier alpha value is -0.490. The highest BCUT2D eigenvalue weighted by Crippen LogP contribution is 2.27. The van der Waals surface area contributed by atoms with Gasteiger partial charge in [0.05, 0.1) is 0 Å². The van der Waals surface area contributed by atoms with Gasteiger partial charge < -0.3 is 10.8 Å². The molecule has 0 heterocycles. The summed E-state index contributed by atoms with van der Waals surface area (Å²) in [5, 5.41) is 7.93. The predicted molar refractivity (Wildman–Crippen MR) is 33.5 cm³/mol. The van der Waals surface area contributed by atoms with Gasteiger partial charge in [0.1, 0.15) is 0 Å². The molecular weight excluding hydrogens is 186 g/mol. The molecule has 0 amide bonds. The largest absolute Gasteiger partial charge is 0.480 e. The van der Waals surface area contributed by atoms with Gasteiger partial charge in [0.25, 0.3) is 0 Å². The smallest absolute Gasteiger partial charge is 0.416 e. The van der Waals surface area contributed by atoms with Gasteiger partial charge >= 0.3 is 12.1 Å². The van der Waals surface area contributed by atoms with Crippen molar-refractivity contribution in [3.63, 3.8) is 0 Å². The zero-order valence-electron chi connectivity index (χ0n) is 5.47. The second-order valence-electron chi connectivity index (χ2n) is 2.01. The van der Waals surface area contributed by atoms with Crippen LogP contribution in [-0.2, 0) is 4.79 Å². The average molecular weight is 194 g/mol.